The van der Waals surface area contributed by atoms with Crippen molar-refractivity contribution in [2.75, 3.05) is 13.6 Å². The number of amides is 1. The molecule has 1 amide bonds. The molecule has 0 aromatic heterocycles. The SMILES string of the molecule is Cc1ccc(O)c(C(=O)O[C@@H](C)C(=O)N(C)CCC#N)c1. The van der Waals surface area contributed by atoms with Crippen LogP contribution in [0, 0.1) is 18.3 Å². The fraction of sp³-hybridized carbons (Fsp3) is 0.400. The predicted molar refractivity (Wildman–Crippen MR) is 75.6 cm³/mol. The maximum atomic E-state index is 12.0. The summed E-state index contributed by atoms with van der Waals surface area (Å²) >= 11 is 0. The summed E-state index contributed by atoms with van der Waals surface area (Å²) in [5.74, 6) is -1.35. The molecule has 0 aliphatic heterocycles. The van der Waals surface area contributed by atoms with E-state index in [4.69, 9.17) is 10.00 Å². The van der Waals surface area contributed by atoms with Gasteiger partial charge in [-0.2, -0.15) is 5.26 Å². The summed E-state index contributed by atoms with van der Waals surface area (Å²) in [7, 11) is 1.54. The molecular formula is C15H18N2O4. The Kier molecular flexibility index (Phi) is 5.73. The Labute approximate surface area is 123 Å². The highest BCUT2D eigenvalue weighted by atomic mass is 16.5. The molecule has 0 bridgehead atoms. The molecule has 0 heterocycles. The molecule has 0 radical (unpaired) electrons. The van der Waals surface area contributed by atoms with Crippen molar-refractivity contribution in [3.05, 3.63) is 29.3 Å². The summed E-state index contributed by atoms with van der Waals surface area (Å²) in [6.07, 6.45) is -0.775. The Morgan fingerprint density at radius 1 is 1.48 bits per heavy atom. The van der Waals surface area contributed by atoms with E-state index >= 15 is 0 Å². The van der Waals surface area contributed by atoms with Crippen LogP contribution < -0.4 is 0 Å². The monoisotopic (exact) mass is 290 g/mol. The Morgan fingerprint density at radius 3 is 2.76 bits per heavy atom. The summed E-state index contributed by atoms with van der Waals surface area (Å²) in [6.45, 7) is 3.50. The lowest BCUT2D eigenvalue weighted by Gasteiger charge is -2.20. The van der Waals surface area contributed by atoms with Crippen molar-refractivity contribution >= 4 is 11.9 Å². The molecular weight excluding hydrogens is 272 g/mol. The molecule has 0 spiro atoms. The highest BCUT2D eigenvalue weighted by Gasteiger charge is 2.23. The van der Waals surface area contributed by atoms with E-state index in [9.17, 15) is 14.7 Å². The van der Waals surface area contributed by atoms with Crippen molar-refractivity contribution in [3.63, 3.8) is 0 Å². The van der Waals surface area contributed by atoms with Crippen LogP contribution in [0.15, 0.2) is 18.2 Å². The van der Waals surface area contributed by atoms with E-state index in [0.717, 1.165) is 5.56 Å². The van der Waals surface area contributed by atoms with Crippen LogP contribution in [0.4, 0.5) is 0 Å². The van der Waals surface area contributed by atoms with E-state index in [-0.39, 0.29) is 24.3 Å². The minimum atomic E-state index is -0.985. The van der Waals surface area contributed by atoms with Gasteiger partial charge in [-0.25, -0.2) is 4.79 Å². The Bertz CT molecular complexity index is 578. The Balaban J connectivity index is 2.72. The predicted octanol–water partition coefficient (Wildman–Crippen LogP) is 1.62. The van der Waals surface area contributed by atoms with Crippen LogP contribution in [0.2, 0.25) is 0 Å². The van der Waals surface area contributed by atoms with Gasteiger partial charge >= 0.3 is 5.97 Å². The normalized spacial score (nSPS) is 11.3. The molecule has 112 valence electrons. The van der Waals surface area contributed by atoms with Crippen molar-refractivity contribution in [3.8, 4) is 11.8 Å². The third kappa shape index (κ3) is 4.49. The number of nitriles is 1. The third-order valence-electron chi connectivity index (χ3n) is 2.94. The summed E-state index contributed by atoms with van der Waals surface area (Å²) < 4.78 is 5.06. The van der Waals surface area contributed by atoms with Gasteiger partial charge in [0.15, 0.2) is 6.10 Å². The highest BCUT2D eigenvalue weighted by molar-refractivity contribution is 5.94. The van der Waals surface area contributed by atoms with Gasteiger partial charge in [0.1, 0.15) is 11.3 Å². The number of aromatic hydroxyl groups is 1. The molecule has 1 rings (SSSR count). The molecule has 6 heteroatoms. The fourth-order valence-corrected chi connectivity index (χ4v) is 1.73. The van der Waals surface area contributed by atoms with Crippen LogP contribution in [-0.4, -0.2) is 41.6 Å². The topological polar surface area (TPSA) is 90.6 Å². The van der Waals surface area contributed by atoms with Crippen LogP contribution in [0.1, 0.15) is 29.3 Å². The van der Waals surface area contributed by atoms with Crippen molar-refractivity contribution in [2.45, 2.75) is 26.4 Å². The number of phenolic OH excluding ortho intramolecular Hbond substituents is 1. The molecule has 0 unspecified atom stereocenters. The molecule has 0 aliphatic rings. The van der Waals surface area contributed by atoms with Crippen LogP contribution in [-0.2, 0) is 9.53 Å². The molecule has 1 atom stereocenters. The van der Waals surface area contributed by atoms with Crippen molar-refractivity contribution in [1.29, 1.82) is 5.26 Å². The van der Waals surface area contributed by atoms with Crippen LogP contribution in [0.3, 0.4) is 0 Å². The molecule has 0 fully saturated rings. The maximum Gasteiger partial charge on any atom is 0.342 e. The average Bonchev–Trinajstić information content (AvgIpc) is 2.46. The van der Waals surface area contributed by atoms with E-state index in [1.54, 1.807) is 13.0 Å². The largest absolute Gasteiger partial charge is 0.507 e. The highest BCUT2D eigenvalue weighted by Crippen LogP contribution is 2.19. The zero-order valence-electron chi connectivity index (χ0n) is 12.3. The minimum absolute atomic E-state index is 0.0225. The molecule has 1 N–H and O–H groups in total. The van der Waals surface area contributed by atoms with E-state index in [0.29, 0.717) is 0 Å². The first-order chi connectivity index (χ1) is 9.86. The van der Waals surface area contributed by atoms with Gasteiger partial charge in [-0.1, -0.05) is 11.6 Å². The Hall–Kier alpha value is -2.55. The van der Waals surface area contributed by atoms with Crippen molar-refractivity contribution in [1.82, 2.24) is 4.90 Å². The second kappa shape index (κ2) is 7.29. The molecule has 6 nitrogen and oxygen atoms in total. The lowest BCUT2D eigenvalue weighted by Crippen LogP contribution is -2.37. The standard InChI is InChI=1S/C15H18N2O4/c1-10-5-6-13(18)12(9-10)15(20)21-11(2)14(19)17(3)8-4-7-16/h5-6,9,11,18H,4,8H2,1-3H3/t11-/m0/s1. The van der Waals surface area contributed by atoms with E-state index in [1.807, 2.05) is 6.07 Å². The average molecular weight is 290 g/mol. The van der Waals surface area contributed by atoms with Gasteiger partial charge in [-0.3, -0.25) is 4.79 Å². The first-order valence-corrected chi connectivity index (χ1v) is 6.49. The number of likely N-dealkylation sites (N-methyl/N-ethyl adjacent to an activating group) is 1. The van der Waals surface area contributed by atoms with Crippen molar-refractivity contribution in [2.24, 2.45) is 0 Å². The quantitative estimate of drug-likeness (QED) is 0.832. The lowest BCUT2D eigenvalue weighted by atomic mass is 10.1. The van der Waals surface area contributed by atoms with Gasteiger partial charge in [0.25, 0.3) is 5.91 Å². The number of hydrogen-bond donors (Lipinski definition) is 1. The van der Waals surface area contributed by atoms with E-state index in [2.05, 4.69) is 0 Å². The number of phenols is 1. The second-order valence-electron chi connectivity index (χ2n) is 4.74. The molecule has 0 saturated heterocycles. The number of benzene rings is 1. The van der Waals surface area contributed by atoms with Gasteiger partial charge in [0.2, 0.25) is 0 Å². The van der Waals surface area contributed by atoms with E-state index < -0.39 is 18.0 Å². The number of hydrogen-bond acceptors (Lipinski definition) is 5. The number of ether oxygens (including phenoxy) is 1. The number of nitrogens with zero attached hydrogens (tertiary/aromatic N) is 2. The second-order valence-corrected chi connectivity index (χ2v) is 4.74. The van der Waals surface area contributed by atoms with Crippen LogP contribution >= 0.6 is 0 Å². The van der Waals surface area contributed by atoms with Gasteiger partial charge < -0.3 is 14.7 Å². The number of esters is 1. The van der Waals surface area contributed by atoms with Gasteiger partial charge in [0.05, 0.1) is 12.5 Å². The van der Waals surface area contributed by atoms with Gasteiger partial charge in [0, 0.05) is 13.6 Å². The van der Waals surface area contributed by atoms with Gasteiger partial charge in [-0.05, 0) is 26.0 Å². The smallest absolute Gasteiger partial charge is 0.342 e. The van der Waals surface area contributed by atoms with Crippen LogP contribution in [0.5, 0.6) is 5.75 Å². The summed E-state index contributed by atoms with van der Waals surface area (Å²) in [6, 6.07) is 6.50. The summed E-state index contributed by atoms with van der Waals surface area (Å²) in [5, 5.41) is 18.1. The maximum absolute atomic E-state index is 12.0. The zero-order valence-corrected chi connectivity index (χ0v) is 12.3. The first-order valence-electron chi connectivity index (χ1n) is 6.49. The lowest BCUT2D eigenvalue weighted by molar-refractivity contribution is -0.138. The number of carbonyl (C=O) groups is 2. The fourth-order valence-electron chi connectivity index (χ4n) is 1.73. The summed E-state index contributed by atoms with van der Waals surface area (Å²) in [4.78, 5) is 25.2. The molecule has 1 aromatic rings. The molecule has 0 saturated carbocycles. The molecule has 21 heavy (non-hydrogen) atoms. The zero-order chi connectivity index (χ0) is 16.0. The molecule has 0 aliphatic carbocycles. The Morgan fingerprint density at radius 2 is 2.14 bits per heavy atom. The number of aryl methyl sites for hydroxylation is 1. The number of rotatable bonds is 5. The van der Waals surface area contributed by atoms with E-state index in [1.165, 1.54) is 31.0 Å². The third-order valence-corrected chi connectivity index (χ3v) is 2.94. The molecule has 1 aromatic carbocycles. The van der Waals surface area contributed by atoms with Crippen LogP contribution in [0.25, 0.3) is 0 Å². The van der Waals surface area contributed by atoms with Gasteiger partial charge in [-0.15, -0.1) is 0 Å². The minimum Gasteiger partial charge on any atom is -0.507 e. The van der Waals surface area contributed by atoms with Crippen molar-refractivity contribution < 1.29 is 19.4 Å². The number of carbonyl (C=O) groups excluding carboxylic acids is 2. The first kappa shape index (κ1) is 16.5. The summed E-state index contributed by atoms with van der Waals surface area (Å²) in [5.41, 5.74) is 0.819.